The molecule has 1 rings (SSSR count). The van der Waals surface area contributed by atoms with E-state index in [2.05, 4.69) is 32.4 Å². The highest BCUT2D eigenvalue weighted by atomic mass is 32.2. The van der Waals surface area contributed by atoms with Gasteiger partial charge in [-0.15, -0.1) is 0 Å². The first kappa shape index (κ1) is 22.2. The molecule has 0 saturated heterocycles. The standard InChI is InChI=1S/C21H37NO2S/c1-5-6-7-8-9-10-11-12-13-18-22-25(23,24)20-16-14-19(15-17-20)21(2,3)4/h14-17,22H,5-13,18H2,1-4H3. The highest BCUT2D eigenvalue weighted by Crippen LogP contribution is 2.23. The smallest absolute Gasteiger partial charge is 0.211 e. The second-order valence-electron chi connectivity index (χ2n) is 8.00. The molecule has 25 heavy (non-hydrogen) atoms. The van der Waals surface area contributed by atoms with Gasteiger partial charge in [0.2, 0.25) is 10.0 Å². The van der Waals surface area contributed by atoms with E-state index in [1.54, 1.807) is 12.1 Å². The lowest BCUT2D eigenvalue weighted by molar-refractivity contribution is 0.553. The van der Waals surface area contributed by atoms with Gasteiger partial charge in [-0.3, -0.25) is 0 Å². The molecule has 0 unspecified atom stereocenters. The third-order valence-corrected chi connectivity index (χ3v) is 6.08. The number of rotatable bonds is 12. The van der Waals surface area contributed by atoms with Crippen LogP contribution >= 0.6 is 0 Å². The minimum Gasteiger partial charge on any atom is -0.211 e. The Kier molecular flexibility index (Phi) is 9.73. The summed E-state index contributed by atoms with van der Waals surface area (Å²) in [5.74, 6) is 0. The van der Waals surface area contributed by atoms with E-state index in [1.807, 2.05) is 12.1 Å². The summed E-state index contributed by atoms with van der Waals surface area (Å²) < 4.78 is 27.4. The number of unbranched alkanes of at least 4 members (excludes halogenated alkanes) is 8. The van der Waals surface area contributed by atoms with Crippen LogP contribution in [0.1, 0.15) is 91.0 Å². The molecule has 144 valence electrons. The summed E-state index contributed by atoms with van der Waals surface area (Å²) in [7, 11) is -3.38. The zero-order chi connectivity index (χ0) is 18.8. The highest BCUT2D eigenvalue weighted by Gasteiger charge is 2.17. The Hall–Kier alpha value is -0.870. The Morgan fingerprint density at radius 3 is 1.76 bits per heavy atom. The van der Waals surface area contributed by atoms with E-state index in [0.717, 1.165) is 18.4 Å². The normalized spacial score (nSPS) is 12.5. The van der Waals surface area contributed by atoms with Crippen molar-refractivity contribution in [2.75, 3.05) is 6.54 Å². The molecule has 0 fully saturated rings. The van der Waals surface area contributed by atoms with Crippen molar-refractivity contribution in [3.8, 4) is 0 Å². The van der Waals surface area contributed by atoms with Crippen molar-refractivity contribution in [3.05, 3.63) is 29.8 Å². The monoisotopic (exact) mass is 367 g/mol. The van der Waals surface area contributed by atoms with E-state index in [0.29, 0.717) is 11.4 Å². The van der Waals surface area contributed by atoms with Crippen LogP contribution in [0.5, 0.6) is 0 Å². The van der Waals surface area contributed by atoms with Crippen molar-refractivity contribution in [1.29, 1.82) is 0 Å². The van der Waals surface area contributed by atoms with Gasteiger partial charge in [-0.2, -0.15) is 0 Å². The maximum atomic E-state index is 12.3. The van der Waals surface area contributed by atoms with Crippen molar-refractivity contribution in [2.24, 2.45) is 0 Å². The molecule has 0 spiro atoms. The van der Waals surface area contributed by atoms with Crippen LogP contribution in [0.3, 0.4) is 0 Å². The van der Waals surface area contributed by atoms with Crippen LogP contribution in [0.15, 0.2) is 29.2 Å². The second-order valence-corrected chi connectivity index (χ2v) is 9.77. The van der Waals surface area contributed by atoms with Crippen LogP contribution < -0.4 is 4.72 Å². The molecular formula is C21H37NO2S. The van der Waals surface area contributed by atoms with Crippen LogP contribution in [-0.4, -0.2) is 15.0 Å². The Morgan fingerprint density at radius 2 is 1.28 bits per heavy atom. The van der Waals surface area contributed by atoms with Crippen molar-refractivity contribution < 1.29 is 8.42 Å². The van der Waals surface area contributed by atoms with Crippen molar-refractivity contribution in [2.45, 2.75) is 95.8 Å². The zero-order valence-electron chi connectivity index (χ0n) is 16.6. The Bertz CT molecular complexity index is 571. The van der Waals surface area contributed by atoms with E-state index in [-0.39, 0.29) is 5.41 Å². The molecule has 0 bridgehead atoms. The predicted molar refractivity (Wildman–Crippen MR) is 108 cm³/mol. The van der Waals surface area contributed by atoms with Gasteiger partial charge >= 0.3 is 0 Å². The van der Waals surface area contributed by atoms with Crippen LogP contribution in [0, 0.1) is 0 Å². The maximum Gasteiger partial charge on any atom is 0.240 e. The molecule has 3 nitrogen and oxygen atoms in total. The van der Waals surface area contributed by atoms with Crippen molar-refractivity contribution in [1.82, 2.24) is 4.72 Å². The summed E-state index contributed by atoms with van der Waals surface area (Å²) in [6, 6.07) is 7.23. The average molecular weight is 368 g/mol. The van der Waals surface area contributed by atoms with Crippen LogP contribution in [-0.2, 0) is 15.4 Å². The number of sulfonamides is 1. The molecule has 0 amide bonds. The highest BCUT2D eigenvalue weighted by molar-refractivity contribution is 7.89. The van der Waals surface area contributed by atoms with Gasteiger partial charge in [0.1, 0.15) is 0 Å². The first-order valence-corrected chi connectivity index (χ1v) is 11.4. The molecule has 1 N–H and O–H groups in total. The molecule has 1 aromatic rings. The lowest BCUT2D eigenvalue weighted by atomic mass is 9.87. The summed E-state index contributed by atoms with van der Waals surface area (Å²) in [4.78, 5) is 0.358. The summed E-state index contributed by atoms with van der Waals surface area (Å²) in [6.45, 7) is 9.13. The number of benzene rings is 1. The zero-order valence-corrected chi connectivity index (χ0v) is 17.4. The molecule has 0 aliphatic carbocycles. The fourth-order valence-corrected chi connectivity index (χ4v) is 3.93. The summed E-state index contributed by atoms with van der Waals surface area (Å²) in [5, 5.41) is 0. The van der Waals surface area contributed by atoms with Crippen LogP contribution in [0.4, 0.5) is 0 Å². The summed E-state index contributed by atoms with van der Waals surface area (Å²) >= 11 is 0. The lowest BCUT2D eigenvalue weighted by Crippen LogP contribution is -2.25. The third kappa shape index (κ3) is 8.87. The first-order valence-electron chi connectivity index (χ1n) is 9.87. The average Bonchev–Trinajstić information content (AvgIpc) is 2.56. The SMILES string of the molecule is CCCCCCCCCCCNS(=O)(=O)c1ccc(C(C)(C)C)cc1. The Balaban J connectivity index is 2.25. The van der Waals surface area contributed by atoms with Crippen LogP contribution in [0.25, 0.3) is 0 Å². The van der Waals surface area contributed by atoms with Gasteiger partial charge in [0.25, 0.3) is 0 Å². The van der Waals surface area contributed by atoms with E-state index in [1.165, 1.54) is 44.9 Å². The number of hydrogen-bond acceptors (Lipinski definition) is 2. The van der Waals surface area contributed by atoms with Gasteiger partial charge in [0.15, 0.2) is 0 Å². The molecule has 1 aromatic carbocycles. The van der Waals surface area contributed by atoms with Gasteiger partial charge in [-0.1, -0.05) is 91.2 Å². The van der Waals surface area contributed by atoms with Gasteiger partial charge < -0.3 is 0 Å². The molecule has 0 saturated carbocycles. The number of nitrogens with one attached hydrogen (secondary N) is 1. The van der Waals surface area contributed by atoms with E-state index in [9.17, 15) is 8.42 Å². The summed E-state index contributed by atoms with van der Waals surface area (Å²) in [5.41, 5.74) is 1.18. The van der Waals surface area contributed by atoms with Crippen molar-refractivity contribution >= 4 is 10.0 Å². The van der Waals surface area contributed by atoms with Gasteiger partial charge in [0, 0.05) is 6.54 Å². The molecule has 0 heterocycles. The topological polar surface area (TPSA) is 46.2 Å². The van der Waals surface area contributed by atoms with Crippen molar-refractivity contribution in [3.63, 3.8) is 0 Å². The molecule has 0 atom stereocenters. The second kappa shape index (κ2) is 11.0. The molecule has 0 aliphatic rings. The molecule has 0 aromatic heterocycles. The van der Waals surface area contributed by atoms with Gasteiger partial charge in [-0.05, 0) is 29.5 Å². The quantitative estimate of drug-likeness (QED) is 0.475. The summed E-state index contributed by atoms with van der Waals surface area (Å²) in [6.07, 6.45) is 11.1. The van der Waals surface area contributed by atoms with Gasteiger partial charge in [-0.25, -0.2) is 13.1 Å². The third-order valence-electron chi connectivity index (χ3n) is 4.60. The lowest BCUT2D eigenvalue weighted by Gasteiger charge is -2.19. The van der Waals surface area contributed by atoms with Gasteiger partial charge in [0.05, 0.1) is 4.90 Å². The van der Waals surface area contributed by atoms with E-state index in [4.69, 9.17) is 0 Å². The largest absolute Gasteiger partial charge is 0.240 e. The number of hydrogen-bond donors (Lipinski definition) is 1. The van der Waals surface area contributed by atoms with E-state index < -0.39 is 10.0 Å². The maximum absolute atomic E-state index is 12.3. The molecular weight excluding hydrogens is 330 g/mol. The van der Waals surface area contributed by atoms with Crippen LogP contribution in [0.2, 0.25) is 0 Å². The minimum atomic E-state index is -3.38. The predicted octanol–water partition coefficient (Wildman–Crippen LogP) is 5.79. The fraction of sp³-hybridized carbons (Fsp3) is 0.714. The fourth-order valence-electron chi connectivity index (χ4n) is 2.86. The first-order chi connectivity index (χ1) is 11.8. The van der Waals surface area contributed by atoms with E-state index >= 15 is 0 Å². The Labute approximate surface area is 155 Å². The molecule has 0 aliphatic heterocycles. The minimum absolute atomic E-state index is 0.0340. The molecule has 4 heteroatoms. The Morgan fingerprint density at radius 1 is 0.800 bits per heavy atom. The molecule has 0 radical (unpaired) electrons.